The summed E-state index contributed by atoms with van der Waals surface area (Å²) >= 11 is 0. The van der Waals surface area contributed by atoms with E-state index in [-0.39, 0.29) is 24.9 Å². The van der Waals surface area contributed by atoms with E-state index in [0.717, 1.165) is 0 Å². The molecule has 0 unspecified atom stereocenters. The Balaban J connectivity index is 2.43. The molecule has 0 aliphatic carbocycles. The minimum Gasteiger partial charge on any atom is -0.491 e. The Bertz CT molecular complexity index is 399. The van der Waals surface area contributed by atoms with E-state index in [2.05, 4.69) is 10.9 Å². The molecule has 0 aromatic heterocycles. The fourth-order valence-corrected chi connectivity index (χ4v) is 1.34. The highest BCUT2D eigenvalue weighted by atomic mass is 19.1. The lowest BCUT2D eigenvalue weighted by molar-refractivity contribution is -0.126. The van der Waals surface area contributed by atoms with Crippen molar-refractivity contribution in [3.63, 3.8) is 0 Å². The number of nitrogens with one attached hydrogen (secondary N) is 2. The number of hydrazine groups is 1. The fourth-order valence-electron chi connectivity index (χ4n) is 1.34. The maximum Gasteiger partial charge on any atom is 0.260 e. The van der Waals surface area contributed by atoms with E-state index in [4.69, 9.17) is 9.47 Å². The first-order valence-electron chi connectivity index (χ1n) is 5.62. The number of halogens is 1. The maximum atomic E-state index is 13.5. The normalized spacial score (nSPS) is 10.2. The minimum absolute atomic E-state index is 0.0876. The van der Waals surface area contributed by atoms with E-state index in [1.807, 2.05) is 0 Å². The van der Waals surface area contributed by atoms with Gasteiger partial charge in [-0.2, -0.15) is 0 Å². The molecule has 1 amide bonds. The molecule has 5 nitrogen and oxygen atoms in total. The Hall–Kier alpha value is -1.66. The molecule has 1 aromatic carbocycles. The Morgan fingerprint density at radius 1 is 1.44 bits per heavy atom. The molecule has 0 atom stereocenters. The zero-order chi connectivity index (χ0) is 13.4. The predicted molar refractivity (Wildman–Crippen MR) is 64.4 cm³/mol. The van der Waals surface area contributed by atoms with Gasteiger partial charge in [-0.1, -0.05) is 6.07 Å². The molecule has 0 fully saturated rings. The summed E-state index contributed by atoms with van der Waals surface area (Å²) < 4.78 is 23.7. The number of hydrogen-bond donors (Lipinski definition) is 2. The Morgan fingerprint density at radius 3 is 2.83 bits per heavy atom. The van der Waals surface area contributed by atoms with Crippen LogP contribution in [0.5, 0.6) is 5.75 Å². The van der Waals surface area contributed by atoms with Crippen molar-refractivity contribution < 1.29 is 18.7 Å². The van der Waals surface area contributed by atoms with Crippen LogP contribution in [0.15, 0.2) is 18.2 Å². The van der Waals surface area contributed by atoms with Crippen molar-refractivity contribution in [3.05, 3.63) is 29.6 Å². The van der Waals surface area contributed by atoms with Gasteiger partial charge in [-0.3, -0.25) is 10.2 Å². The summed E-state index contributed by atoms with van der Waals surface area (Å²) in [4.78, 5) is 11.0. The van der Waals surface area contributed by atoms with E-state index >= 15 is 0 Å². The van der Waals surface area contributed by atoms with Crippen molar-refractivity contribution in [3.8, 4) is 5.75 Å². The lowest BCUT2D eigenvalue weighted by Gasteiger charge is -2.07. The van der Waals surface area contributed by atoms with Crippen LogP contribution >= 0.6 is 0 Å². The lowest BCUT2D eigenvalue weighted by Crippen LogP contribution is -2.36. The third-order valence-electron chi connectivity index (χ3n) is 2.06. The van der Waals surface area contributed by atoms with Crippen molar-refractivity contribution in [1.82, 2.24) is 10.9 Å². The zero-order valence-electron chi connectivity index (χ0n) is 10.5. The molecule has 0 saturated carbocycles. The quantitative estimate of drug-likeness (QED) is 0.714. The van der Waals surface area contributed by atoms with Crippen LogP contribution in [0.4, 0.5) is 4.39 Å². The molecule has 0 bridgehead atoms. The average Bonchev–Trinajstić information content (AvgIpc) is 2.33. The second kappa shape index (κ2) is 7.62. The highest BCUT2D eigenvalue weighted by Gasteiger charge is 2.05. The minimum atomic E-state index is -0.433. The maximum absolute atomic E-state index is 13.5. The first-order valence-corrected chi connectivity index (χ1v) is 5.62. The molecule has 1 aromatic rings. The number of rotatable bonds is 7. The summed E-state index contributed by atoms with van der Waals surface area (Å²) in [7, 11) is 1.58. The Labute approximate surface area is 105 Å². The van der Waals surface area contributed by atoms with Gasteiger partial charge in [0, 0.05) is 7.05 Å². The summed E-state index contributed by atoms with van der Waals surface area (Å²) in [6, 6.07) is 4.58. The van der Waals surface area contributed by atoms with Crippen LogP contribution in [0, 0.1) is 5.82 Å². The number of hydrogen-bond acceptors (Lipinski definition) is 4. The lowest BCUT2D eigenvalue weighted by atomic mass is 10.2. The molecule has 0 spiro atoms. The van der Waals surface area contributed by atoms with Crippen molar-refractivity contribution in [2.45, 2.75) is 13.5 Å². The number of benzene rings is 1. The molecule has 6 heteroatoms. The summed E-state index contributed by atoms with van der Waals surface area (Å²) in [5.41, 5.74) is 5.50. The van der Waals surface area contributed by atoms with Crippen molar-refractivity contribution >= 4 is 5.91 Å². The van der Waals surface area contributed by atoms with E-state index < -0.39 is 5.82 Å². The van der Waals surface area contributed by atoms with Crippen molar-refractivity contribution in [2.75, 3.05) is 20.3 Å². The smallest absolute Gasteiger partial charge is 0.260 e. The predicted octanol–water partition coefficient (Wildman–Crippen LogP) is 0.992. The number of carbonyl (C=O) groups is 1. The largest absolute Gasteiger partial charge is 0.491 e. The highest BCUT2D eigenvalue weighted by Crippen LogP contribution is 2.18. The van der Waals surface area contributed by atoms with Crippen molar-refractivity contribution in [1.29, 1.82) is 0 Å². The molecule has 0 heterocycles. The molecule has 100 valence electrons. The summed E-state index contributed by atoms with van der Waals surface area (Å²) in [6.07, 6.45) is 0. The molecule has 18 heavy (non-hydrogen) atoms. The van der Waals surface area contributed by atoms with Crippen LogP contribution in [0.2, 0.25) is 0 Å². The monoisotopic (exact) mass is 256 g/mol. The van der Waals surface area contributed by atoms with Crippen molar-refractivity contribution in [2.24, 2.45) is 0 Å². The molecule has 0 saturated heterocycles. The first-order chi connectivity index (χ1) is 8.67. The van der Waals surface area contributed by atoms with Gasteiger partial charge in [-0.15, -0.1) is 0 Å². The molecule has 0 aliphatic rings. The van der Waals surface area contributed by atoms with Gasteiger partial charge in [0.2, 0.25) is 0 Å². The third kappa shape index (κ3) is 4.68. The molecule has 1 rings (SSSR count). The standard InChI is InChI=1S/C12H17FN2O3/c1-3-18-11-5-4-9(6-10(11)13)7-17-8-12(16)15-14-2/h4-6,14H,3,7-8H2,1-2H3,(H,15,16). The Kier molecular flexibility index (Phi) is 6.10. The zero-order valence-corrected chi connectivity index (χ0v) is 10.5. The average molecular weight is 256 g/mol. The van der Waals surface area contributed by atoms with Gasteiger partial charge in [0.1, 0.15) is 6.61 Å². The fraction of sp³-hybridized carbons (Fsp3) is 0.417. The van der Waals surface area contributed by atoms with Gasteiger partial charge < -0.3 is 9.47 Å². The summed E-state index contributed by atoms with van der Waals surface area (Å²) in [6.45, 7) is 2.28. The Morgan fingerprint density at radius 2 is 2.22 bits per heavy atom. The van der Waals surface area contributed by atoms with Crippen LogP contribution in [0.1, 0.15) is 12.5 Å². The highest BCUT2D eigenvalue weighted by molar-refractivity contribution is 5.76. The van der Waals surface area contributed by atoms with Gasteiger partial charge in [-0.05, 0) is 24.6 Å². The molecule has 0 aliphatic heterocycles. The van der Waals surface area contributed by atoms with E-state index in [0.29, 0.717) is 12.2 Å². The van der Waals surface area contributed by atoms with Crippen LogP contribution in [0.3, 0.4) is 0 Å². The van der Waals surface area contributed by atoms with Gasteiger partial charge in [-0.25, -0.2) is 9.82 Å². The third-order valence-corrected chi connectivity index (χ3v) is 2.06. The van der Waals surface area contributed by atoms with Gasteiger partial charge in [0.25, 0.3) is 5.91 Å². The van der Waals surface area contributed by atoms with Gasteiger partial charge >= 0.3 is 0 Å². The SMILES string of the molecule is CCOc1ccc(COCC(=O)NNC)cc1F. The van der Waals surface area contributed by atoms with E-state index in [1.54, 1.807) is 26.1 Å². The van der Waals surface area contributed by atoms with Crippen LogP contribution in [-0.2, 0) is 16.1 Å². The van der Waals surface area contributed by atoms with Crippen LogP contribution in [-0.4, -0.2) is 26.2 Å². The summed E-state index contributed by atoms with van der Waals surface area (Å²) in [5, 5.41) is 0. The van der Waals surface area contributed by atoms with Crippen LogP contribution < -0.4 is 15.6 Å². The second-order valence-electron chi connectivity index (χ2n) is 3.49. The second-order valence-corrected chi connectivity index (χ2v) is 3.49. The summed E-state index contributed by atoms with van der Waals surface area (Å²) in [5.74, 6) is -0.504. The molecular formula is C12H17FN2O3. The van der Waals surface area contributed by atoms with E-state index in [1.165, 1.54) is 6.07 Å². The number of carbonyl (C=O) groups excluding carboxylic acids is 1. The number of amides is 1. The van der Waals surface area contributed by atoms with E-state index in [9.17, 15) is 9.18 Å². The van der Waals surface area contributed by atoms with Gasteiger partial charge in [0.15, 0.2) is 11.6 Å². The molecular weight excluding hydrogens is 239 g/mol. The number of ether oxygens (including phenoxy) is 2. The van der Waals surface area contributed by atoms with Crippen LogP contribution in [0.25, 0.3) is 0 Å². The molecule has 2 N–H and O–H groups in total. The molecule has 0 radical (unpaired) electrons. The van der Waals surface area contributed by atoms with Gasteiger partial charge in [0.05, 0.1) is 13.2 Å². The topological polar surface area (TPSA) is 59.6 Å². The first kappa shape index (κ1) is 14.4.